The third kappa shape index (κ3) is 3.09. The summed E-state index contributed by atoms with van der Waals surface area (Å²) in [5.41, 5.74) is 5.99. The Kier molecular flexibility index (Phi) is 4.24. The van der Waals surface area contributed by atoms with Gasteiger partial charge in [0.25, 0.3) is 0 Å². The first-order valence-corrected chi connectivity index (χ1v) is 8.98. The number of methoxy groups -OCH3 is 1. The van der Waals surface area contributed by atoms with Crippen LogP contribution in [0.2, 0.25) is 0 Å². The van der Waals surface area contributed by atoms with E-state index < -0.39 is 16.0 Å². The first-order valence-electron chi connectivity index (χ1n) is 7.50. The van der Waals surface area contributed by atoms with Gasteiger partial charge in [-0.3, -0.25) is 0 Å². The fraction of sp³-hybridized carbons (Fsp3) is 0.250. The quantitative estimate of drug-likeness (QED) is 0.770. The molecule has 3 N–H and O–H groups in total. The van der Waals surface area contributed by atoms with E-state index in [4.69, 9.17) is 10.5 Å². The van der Waals surface area contributed by atoms with Crippen molar-refractivity contribution in [1.29, 1.82) is 5.26 Å². The van der Waals surface area contributed by atoms with Gasteiger partial charge in [-0.25, -0.2) is 17.9 Å². The lowest BCUT2D eigenvalue weighted by Crippen LogP contribution is -2.27. The molecule has 8 nitrogen and oxygen atoms in total. The number of hydrogen-bond donors (Lipinski definition) is 2. The van der Waals surface area contributed by atoms with Crippen LogP contribution in [0.5, 0.6) is 0 Å². The van der Waals surface area contributed by atoms with Crippen LogP contribution < -0.4 is 10.5 Å². The van der Waals surface area contributed by atoms with Crippen molar-refractivity contribution in [3.05, 3.63) is 41.7 Å². The van der Waals surface area contributed by atoms with Crippen LogP contribution in [0.3, 0.4) is 0 Å². The summed E-state index contributed by atoms with van der Waals surface area (Å²) in [5.74, 6) is -0.763. The number of anilines is 1. The number of ether oxygens (including phenoxy) is 1. The number of hydrogen-bond acceptors (Lipinski definition) is 6. The van der Waals surface area contributed by atoms with E-state index in [1.807, 2.05) is 6.07 Å². The van der Waals surface area contributed by atoms with Gasteiger partial charge in [-0.15, -0.1) is 0 Å². The van der Waals surface area contributed by atoms with E-state index >= 15 is 0 Å². The minimum Gasteiger partial charge on any atom is -0.464 e. The minimum atomic E-state index is -3.78. The fourth-order valence-corrected chi connectivity index (χ4v) is 3.97. The Morgan fingerprint density at radius 3 is 2.68 bits per heavy atom. The summed E-state index contributed by atoms with van der Waals surface area (Å²) in [5, 5.41) is 9.19. The Hall–Kier alpha value is -2.83. The standard InChI is InChI=1S/C16H16N4O4S/c1-24-16(21)15-14(18)10(8-17)9-20(15)12-4-2-3-5-13(12)25(22,23)19-11-6-7-11/h2-5,9,11,19H,6-7,18H2,1H3. The molecule has 130 valence electrons. The highest BCUT2D eigenvalue weighted by atomic mass is 32.2. The zero-order valence-corrected chi connectivity index (χ0v) is 14.2. The van der Waals surface area contributed by atoms with Crippen molar-refractivity contribution in [2.75, 3.05) is 12.8 Å². The molecule has 0 bridgehead atoms. The molecule has 0 amide bonds. The molecule has 9 heteroatoms. The minimum absolute atomic E-state index is 0.00783. The number of nitrogens with one attached hydrogen (secondary N) is 1. The SMILES string of the molecule is COC(=O)c1c(N)c(C#N)cn1-c1ccccc1S(=O)(=O)NC1CC1. The molecule has 2 aromatic rings. The van der Waals surface area contributed by atoms with Gasteiger partial charge in [0.2, 0.25) is 10.0 Å². The number of benzene rings is 1. The summed E-state index contributed by atoms with van der Waals surface area (Å²) in [6.07, 6.45) is 2.92. The third-order valence-electron chi connectivity index (χ3n) is 3.86. The van der Waals surface area contributed by atoms with E-state index in [-0.39, 0.29) is 33.6 Å². The molecule has 25 heavy (non-hydrogen) atoms. The van der Waals surface area contributed by atoms with Gasteiger partial charge in [0.15, 0.2) is 5.69 Å². The maximum Gasteiger partial charge on any atom is 0.357 e. The molecule has 1 heterocycles. The molecule has 0 aliphatic heterocycles. The molecular formula is C16H16N4O4S. The maximum absolute atomic E-state index is 12.7. The second kappa shape index (κ2) is 6.23. The van der Waals surface area contributed by atoms with Crippen molar-refractivity contribution >= 4 is 21.7 Å². The highest BCUT2D eigenvalue weighted by Gasteiger charge is 2.31. The Morgan fingerprint density at radius 2 is 2.08 bits per heavy atom. The average molecular weight is 360 g/mol. The molecule has 0 unspecified atom stereocenters. The number of nitriles is 1. The molecule has 0 spiro atoms. The lowest BCUT2D eigenvalue weighted by molar-refractivity contribution is 0.0593. The first kappa shape index (κ1) is 17.0. The number of carbonyl (C=O) groups is 1. The number of carbonyl (C=O) groups excluding carboxylic acids is 1. The predicted octanol–water partition coefficient (Wildman–Crippen LogP) is 1.16. The van der Waals surface area contributed by atoms with Gasteiger partial charge < -0.3 is 15.0 Å². The number of aromatic nitrogens is 1. The zero-order chi connectivity index (χ0) is 18.2. The predicted molar refractivity (Wildman–Crippen MR) is 89.6 cm³/mol. The van der Waals surface area contributed by atoms with Crippen molar-refractivity contribution in [3.63, 3.8) is 0 Å². The molecule has 0 radical (unpaired) electrons. The number of rotatable bonds is 5. The van der Waals surface area contributed by atoms with Crippen LogP contribution in [-0.4, -0.2) is 32.1 Å². The molecule has 1 aromatic heterocycles. The van der Waals surface area contributed by atoms with Crippen molar-refractivity contribution in [2.24, 2.45) is 0 Å². The van der Waals surface area contributed by atoms with Crippen molar-refractivity contribution in [1.82, 2.24) is 9.29 Å². The van der Waals surface area contributed by atoms with Crippen LogP contribution in [0.4, 0.5) is 5.69 Å². The summed E-state index contributed by atoms with van der Waals surface area (Å²) in [4.78, 5) is 12.1. The monoisotopic (exact) mass is 360 g/mol. The molecule has 1 aliphatic carbocycles. The fourth-order valence-electron chi connectivity index (χ4n) is 2.47. The molecule has 0 atom stereocenters. The second-order valence-corrected chi connectivity index (χ2v) is 7.32. The number of nitrogens with zero attached hydrogens (tertiary/aromatic N) is 2. The van der Waals surface area contributed by atoms with Gasteiger partial charge in [-0.05, 0) is 25.0 Å². The van der Waals surface area contributed by atoms with Crippen molar-refractivity contribution in [3.8, 4) is 11.8 Å². The Balaban J connectivity index is 2.21. The molecule has 1 fully saturated rings. The summed E-state index contributed by atoms with van der Waals surface area (Å²) >= 11 is 0. The zero-order valence-electron chi connectivity index (χ0n) is 13.4. The van der Waals surface area contributed by atoms with Crippen LogP contribution in [0.25, 0.3) is 5.69 Å². The molecule has 1 saturated carbocycles. The summed E-state index contributed by atoms with van der Waals surface area (Å²) in [6, 6.07) is 8.01. The van der Waals surface area contributed by atoms with Gasteiger partial charge in [0.05, 0.1) is 24.0 Å². The maximum atomic E-state index is 12.7. The highest BCUT2D eigenvalue weighted by Crippen LogP contribution is 2.29. The van der Waals surface area contributed by atoms with Gasteiger partial charge >= 0.3 is 5.97 Å². The van der Waals surface area contributed by atoms with E-state index in [9.17, 15) is 18.5 Å². The summed E-state index contributed by atoms with van der Waals surface area (Å²) in [6.45, 7) is 0. The van der Waals surface area contributed by atoms with Crippen molar-refractivity contribution < 1.29 is 17.9 Å². The van der Waals surface area contributed by atoms with E-state index in [1.54, 1.807) is 12.1 Å². The van der Waals surface area contributed by atoms with E-state index in [0.717, 1.165) is 12.8 Å². The number of esters is 1. The van der Waals surface area contributed by atoms with Crippen LogP contribution in [-0.2, 0) is 14.8 Å². The van der Waals surface area contributed by atoms with Crippen LogP contribution in [0.15, 0.2) is 35.4 Å². The molecule has 1 aromatic carbocycles. The largest absolute Gasteiger partial charge is 0.464 e. The van der Waals surface area contributed by atoms with Crippen molar-refractivity contribution in [2.45, 2.75) is 23.8 Å². The van der Waals surface area contributed by atoms with Gasteiger partial charge in [0.1, 0.15) is 11.0 Å². The Morgan fingerprint density at radius 1 is 1.40 bits per heavy atom. The molecule has 0 saturated heterocycles. The van der Waals surface area contributed by atoms with E-state index in [0.29, 0.717) is 0 Å². The lowest BCUT2D eigenvalue weighted by Gasteiger charge is -2.14. The number of para-hydroxylation sites is 1. The smallest absolute Gasteiger partial charge is 0.357 e. The van der Waals surface area contributed by atoms with E-state index in [2.05, 4.69) is 4.72 Å². The molecule has 3 rings (SSSR count). The number of nitrogen functional groups attached to an aromatic ring is 1. The third-order valence-corrected chi connectivity index (χ3v) is 5.42. The molecule has 1 aliphatic rings. The first-order chi connectivity index (χ1) is 11.9. The van der Waals surface area contributed by atoms with E-state index in [1.165, 1.54) is 30.0 Å². The van der Waals surface area contributed by atoms with Crippen LogP contribution >= 0.6 is 0 Å². The van der Waals surface area contributed by atoms with Crippen LogP contribution in [0, 0.1) is 11.3 Å². The lowest BCUT2D eigenvalue weighted by atomic mass is 10.2. The number of nitrogens with two attached hydrogens (primary N) is 1. The van der Waals surface area contributed by atoms with Gasteiger partial charge in [-0.2, -0.15) is 5.26 Å². The van der Waals surface area contributed by atoms with Crippen LogP contribution in [0.1, 0.15) is 28.9 Å². The average Bonchev–Trinajstić information content (AvgIpc) is 3.34. The second-order valence-electron chi connectivity index (χ2n) is 5.64. The van der Waals surface area contributed by atoms with Gasteiger partial charge in [-0.1, -0.05) is 12.1 Å². The normalized spacial score (nSPS) is 14.1. The summed E-state index contributed by atoms with van der Waals surface area (Å²) in [7, 11) is -2.60. The Labute approximate surface area is 144 Å². The molecular weight excluding hydrogens is 344 g/mol. The summed E-state index contributed by atoms with van der Waals surface area (Å²) < 4.78 is 33.9. The topological polar surface area (TPSA) is 127 Å². The highest BCUT2D eigenvalue weighted by molar-refractivity contribution is 7.89. The number of sulfonamides is 1. The van der Waals surface area contributed by atoms with Gasteiger partial charge in [0, 0.05) is 12.2 Å². The Bertz CT molecular complexity index is 984.